The number of aliphatic hydroxyl groups is 1. The zero-order valence-electron chi connectivity index (χ0n) is 12.6. The number of sulfonamides is 1. The molecule has 21 heavy (non-hydrogen) atoms. The molecule has 0 saturated carbocycles. The van der Waals surface area contributed by atoms with Gasteiger partial charge < -0.3 is 14.6 Å². The molecule has 1 aromatic carbocycles. The maximum Gasteiger partial charge on any atom is 0.241 e. The highest BCUT2D eigenvalue weighted by molar-refractivity contribution is 7.89. The van der Waals surface area contributed by atoms with Gasteiger partial charge in [-0.3, -0.25) is 0 Å². The highest BCUT2D eigenvalue weighted by Crippen LogP contribution is 2.19. The number of benzene rings is 1. The first-order valence-corrected chi connectivity index (χ1v) is 8.22. The van der Waals surface area contributed by atoms with Crippen LogP contribution in [-0.2, 0) is 14.8 Å². The van der Waals surface area contributed by atoms with Gasteiger partial charge in [-0.25, -0.2) is 13.1 Å². The first kappa shape index (κ1) is 17.9. The van der Waals surface area contributed by atoms with E-state index in [0.717, 1.165) is 0 Å². The Morgan fingerprint density at radius 1 is 1.24 bits per heavy atom. The van der Waals surface area contributed by atoms with Gasteiger partial charge in [-0.15, -0.1) is 0 Å². The molecule has 0 aliphatic rings. The number of hydrogen-bond acceptors (Lipinski definition) is 5. The Hall–Kier alpha value is -1.15. The van der Waals surface area contributed by atoms with Gasteiger partial charge in [-0.1, -0.05) is 6.92 Å². The molecule has 0 bridgehead atoms. The van der Waals surface area contributed by atoms with Crippen LogP contribution in [0.1, 0.15) is 20.3 Å². The van der Waals surface area contributed by atoms with Gasteiger partial charge in [0.15, 0.2) is 0 Å². The zero-order chi connectivity index (χ0) is 15.9. The van der Waals surface area contributed by atoms with E-state index in [1.165, 1.54) is 12.1 Å². The predicted molar refractivity (Wildman–Crippen MR) is 79.9 cm³/mol. The number of rotatable bonds is 9. The number of methoxy groups -OCH3 is 1. The Bertz CT molecular complexity index is 523. The molecule has 120 valence electrons. The van der Waals surface area contributed by atoms with E-state index >= 15 is 0 Å². The molecule has 2 N–H and O–H groups in total. The molecular weight excluding hydrogens is 294 g/mol. The van der Waals surface area contributed by atoms with E-state index in [-0.39, 0.29) is 11.5 Å². The van der Waals surface area contributed by atoms with Crippen LogP contribution < -0.4 is 9.46 Å². The second-order valence-corrected chi connectivity index (χ2v) is 6.67. The molecule has 0 aromatic heterocycles. The van der Waals surface area contributed by atoms with Crippen LogP contribution in [0.2, 0.25) is 0 Å². The summed E-state index contributed by atoms with van der Waals surface area (Å²) in [6, 6.07) is 6.12. The first-order valence-electron chi connectivity index (χ1n) is 6.73. The molecule has 0 radical (unpaired) electrons. The van der Waals surface area contributed by atoms with Crippen molar-refractivity contribution in [3.05, 3.63) is 24.3 Å². The van der Waals surface area contributed by atoms with E-state index in [9.17, 15) is 13.5 Å². The highest BCUT2D eigenvalue weighted by Gasteiger charge is 2.28. The summed E-state index contributed by atoms with van der Waals surface area (Å²) in [5.41, 5.74) is -0.869. The number of hydrogen-bond donors (Lipinski definition) is 2. The average Bonchev–Trinajstić information content (AvgIpc) is 2.47. The third-order valence-electron chi connectivity index (χ3n) is 3.20. The van der Waals surface area contributed by atoms with Gasteiger partial charge in [0.05, 0.1) is 23.6 Å². The lowest BCUT2D eigenvalue weighted by atomic mass is 10.0. The number of aliphatic hydroxyl groups excluding tert-OH is 1. The van der Waals surface area contributed by atoms with Gasteiger partial charge in [0.1, 0.15) is 12.4 Å². The van der Waals surface area contributed by atoms with Crippen LogP contribution in [0.3, 0.4) is 0 Å². The second kappa shape index (κ2) is 7.74. The zero-order valence-corrected chi connectivity index (χ0v) is 13.4. The topological polar surface area (TPSA) is 84.9 Å². The normalized spacial score (nSPS) is 14.7. The number of nitrogens with one attached hydrogen (secondary N) is 1. The van der Waals surface area contributed by atoms with Crippen LogP contribution in [0.4, 0.5) is 0 Å². The Morgan fingerprint density at radius 3 is 2.33 bits per heavy atom. The van der Waals surface area contributed by atoms with Crippen LogP contribution in [-0.4, -0.2) is 46.0 Å². The quantitative estimate of drug-likeness (QED) is 0.667. The lowest BCUT2D eigenvalue weighted by Crippen LogP contribution is -2.48. The van der Waals surface area contributed by atoms with Gasteiger partial charge in [0, 0.05) is 7.11 Å². The number of ether oxygens (including phenoxy) is 2. The van der Waals surface area contributed by atoms with Gasteiger partial charge in [0.25, 0.3) is 0 Å². The van der Waals surface area contributed by atoms with Crippen molar-refractivity contribution < 1.29 is 23.0 Å². The van der Waals surface area contributed by atoms with Crippen LogP contribution >= 0.6 is 0 Å². The molecule has 0 saturated heterocycles. The summed E-state index contributed by atoms with van der Waals surface area (Å²) < 4.78 is 37.3. The molecule has 1 atom stereocenters. The van der Waals surface area contributed by atoms with Crippen molar-refractivity contribution >= 4 is 10.0 Å². The molecule has 0 aliphatic heterocycles. The minimum Gasteiger partial charge on any atom is -0.491 e. The third kappa shape index (κ3) is 5.28. The lowest BCUT2D eigenvalue weighted by Gasteiger charge is -2.26. The van der Waals surface area contributed by atoms with Crippen molar-refractivity contribution in [3.63, 3.8) is 0 Å². The monoisotopic (exact) mass is 317 g/mol. The molecule has 6 nitrogen and oxygen atoms in total. The average molecular weight is 317 g/mol. The lowest BCUT2D eigenvalue weighted by molar-refractivity contribution is 0.146. The maximum absolute atomic E-state index is 12.3. The van der Waals surface area contributed by atoms with E-state index in [0.29, 0.717) is 25.4 Å². The van der Waals surface area contributed by atoms with Gasteiger partial charge in [-0.05, 0) is 37.6 Å². The van der Waals surface area contributed by atoms with Crippen molar-refractivity contribution in [1.29, 1.82) is 0 Å². The fourth-order valence-electron chi connectivity index (χ4n) is 1.56. The summed E-state index contributed by atoms with van der Waals surface area (Å²) in [6.45, 7) is 4.07. The Labute approximate surface area is 126 Å². The van der Waals surface area contributed by atoms with Crippen LogP contribution in [0.15, 0.2) is 29.2 Å². The molecule has 0 spiro atoms. The van der Waals surface area contributed by atoms with E-state index in [1.54, 1.807) is 26.2 Å². The molecule has 1 aromatic rings. The van der Waals surface area contributed by atoms with E-state index in [1.807, 2.05) is 6.92 Å². The smallest absolute Gasteiger partial charge is 0.241 e. The predicted octanol–water partition coefficient (Wildman–Crippen LogP) is 1.15. The van der Waals surface area contributed by atoms with Crippen molar-refractivity contribution in [2.75, 3.05) is 26.9 Å². The molecule has 1 rings (SSSR count). The van der Waals surface area contributed by atoms with Crippen molar-refractivity contribution in [1.82, 2.24) is 4.72 Å². The summed E-state index contributed by atoms with van der Waals surface area (Å²) in [6.07, 6.45) is 0.487. The standard InChI is InChI=1S/C14H23NO5S/c1-4-14(2,11-16)15-21(17,18)13-7-5-12(6-8-13)20-10-9-19-3/h5-8,15-16H,4,9-11H2,1-3H3. The van der Waals surface area contributed by atoms with E-state index in [4.69, 9.17) is 9.47 Å². The largest absolute Gasteiger partial charge is 0.491 e. The molecule has 1 unspecified atom stereocenters. The maximum atomic E-state index is 12.3. The SMILES string of the molecule is CCC(C)(CO)NS(=O)(=O)c1ccc(OCCOC)cc1. The Balaban J connectivity index is 2.80. The highest BCUT2D eigenvalue weighted by atomic mass is 32.2. The summed E-state index contributed by atoms with van der Waals surface area (Å²) in [7, 11) is -2.09. The molecular formula is C14H23NO5S. The van der Waals surface area contributed by atoms with E-state index in [2.05, 4.69) is 4.72 Å². The van der Waals surface area contributed by atoms with Crippen molar-refractivity contribution in [3.8, 4) is 5.75 Å². The van der Waals surface area contributed by atoms with Crippen molar-refractivity contribution in [2.45, 2.75) is 30.7 Å². The third-order valence-corrected chi connectivity index (χ3v) is 4.85. The van der Waals surface area contributed by atoms with Gasteiger partial charge in [-0.2, -0.15) is 0 Å². The van der Waals surface area contributed by atoms with E-state index < -0.39 is 15.6 Å². The van der Waals surface area contributed by atoms with Crippen LogP contribution in [0, 0.1) is 0 Å². The summed E-state index contributed by atoms with van der Waals surface area (Å²) in [5, 5.41) is 9.30. The minimum atomic E-state index is -3.67. The molecule has 0 heterocycles. The van der Waals surface area contributed by atoms with Gasteiger partial charge >= 0.3 is 0 Å². The van der Waals surface area contributed by atoms with Gasteiger partial charge in [0.2, 0.25) is 10.0 Å². The molecule has 7 heteroatoms. The summed E-state index contributed by atoms with van der Waals surface area (Å²) in [4.78, 5) is 0.134. The first-order chi connectivity index (χ1) is 9.87. The van der Waals surface area contributed by atoms with Crippen molar-refractivity contribution in [2.24, 2.45) is 0 Å². The summed E-state index contributed by atoms with van der Waals surface area (Å²) in [5.74, 6) is 0.575. The fourth-order valence-corrected chi connectivity index (χ4v) is 3.03. The fraction of sp³-hybridized carbons (Fsp3) is 0.571. The van der Waals surface area contributed by atoms with Crippen LogP contribution in [0.25, 0.3) is 0 Å². The summed E-state index contributed by atoms with van der Waals surface area (Å²) >= 11 is 0. The van der Waals surface area contributed by atoms with Crippen LogP contribution in [0.5, 0.6) is 5.75 Å². The Kier molecular flexibility index (Phi) is 6.60. The Morgan fingerprint density at radius 2 is 1.86 bits per heavy atom. The molecule has 0 fully saturated rings. The minimum absolute atomic E-state index is 0.134. The molecule has 0 aliphatic carbocycles. The second-order valence-electron chi connectivity index (χ2n) is 4.99. The molecule has 0 amide bonds.